The van der Waals surface area contributed by atoms with Gasteiger partial charge in [-0.3, -0.25) is 9.89 Å². The summed E-state index contributed by atoms with van der Waals surface area (Å²) < 4.78 is 5.34. The monoisotopic (exact) mass is 245 g/mol. The quantitative estimate of drug-likeness (QED) is 0.826. The van der Waals surface area contributed by atoms with Crippen LogP contribution in [0.1, 0.15) is 17.4 Å². The molecule has 2 aromatic rings. The van der Waals surface area contributed by atoms with Crippen LogP contribution in [0.3, 0.4) is 0 Å². The highest BCUT2D eigenvalue weighted by molar-refractivity contribution is 6.04. The molecular weight excluding hydrogens is 230 g/mol. The van der Waals surface area contributed by atoms with Crippen LogP contribution in [0.4, 0.5) is 0 Å². The molecule has 1 N–H and O–H groups in total. The van der Waals surface area contributed by atoms with E-state index < -0.39 is 0 Å². The first-order valence-electron chi connectivity index (χ1n) is 6.09. The zero-order chi connectivity index (χ0) is 12.5. The van der Waals surface area contributed by atoms with Crippen LogP contribution >= 0.6 is 0 Å². The number of para-hydroxylation sites is 1. The Bertz CT molecular complexity index is 578. The average Bonchev–Trinajstić information content (AvgIpc) is 2.82. The molecule has 0 aliphatic carbocycles. The summed E-state index contributed by atoms with van der Waals surface area (Å²) >= 11 is 0. The van der Waals surface area contributed by atoms with E-state index in [1.165, 1.54) is 0 Å². The fourth-order valence-electron chi connectivity index (χ4n) is 2.29. The molecule has 1 amide bonds. The third kappa shape index (κ3) is 1.76. The van der Waals surface area contributed by atoms with Crippen molar-refractivity contribution in [2.24, 2.45) is 0 Å². The number of morpholine rings is 1. The van der Waals surface area contributed by atoms with Crippen LogP contribution in [0.25, 0.3) is 10.9 Å². The Kier molecular flexibility index (Phi) is 2.76. The van der Waals surface area contributed by atoms with Crippen molar-refractivity contribution in [2.75, 3.05) is 19.8 Å². The summed E-state index contributed by atoms with van der Waals surface area (Å²) in [6, 6.07) is 7.77. The number of nitrogens with one attached hydrogen (secondary N) is 1. The van der Waals surface area contributed by atoms with Crippen LogP contribution < -0.4 is 0 Å². The van der Waals surface area contributed by atoms with Crippen LogP contribution in [-0.2, 0) is 4.74 Å². The van der Waals surface area contributed by atoms with Gasteiger partial charge in [-0.1, -0.05) is 18.2 Å². The highest BCUT2D eigenvalue weighted by Crippen LogP contribution is 2.18. The Balaban J connectivity index is 1.96. The number of nitrogens with zero attached hydrogens (tertiary/aromatic N) is 2. The molecule has 0 spiro atoms. The number of hydrogen-bond acceptors (Lipinski definition) is 3. The number of aromatic amines is 1. The molecular formula is C13H15N3O2. The molecule has 5 nitrogen and oxygen atoms in total. The fourth-order valence-corrected chi connectivity index (χ4v) is 2.29. The number of amides is 1. The second-order valence-electron chi connectivity index (χ2n) is 4.54. The third-order valence-corrected chi connectivity index (χ3v) is 3.30. The standard InChI is InChI=1S/C13H15N3O2/c1-9-8-18-7-6-16(9)13(17)12-10-4-2-3-5-11(10)14-15-12/h2-5,9H,6-8H2,1H3,(H,14,15)/t9-/m0/s1. The molecule has 1 aromatic heterocycles. The number of carbonyl (C=O) groups excluding carboxylic acids is 1. The number of carbonyl (C=O) groups is 1. The summed E-state index contributed by atoms with van der Waals surface area (Å²) in [5.41, 5.74) is 1.39. The van der Waals surface area contributed by atoms with E-state index in [1.807, 2.05) is 36.1 Å². The van der Waals surface area contributed by atoms with Gasteiger partial charge < -0.3 is 9.64 Å². The van der Waals surface area contributed by atoms with Crippen LogP contribution in [-0.4, -0.2) is 46.8 Å². The van der Waals surface area contributed by atoms with Gasteiger partial charge in [-0.25, -0.2) is 0 Å². The normalized spacial score (nSPS) is 20.3. The van der Waals surface area contributed by atoms with Gasteiger partial charge in [0.25, 0.3) is 5.91 Å². The SMILES string of the molecule is C[C@H]1COCCN1C(=O)c1n[nH]c2ccccc12. The molecule has 18 heavy (non-hydrogen) atoms. The van der Waals surface area contributed by atoms with E-state index in [-0.39, 0.29) is 11.9 Å². The highest BCUT2D eigenvalue weighted by Gasteiger charge is 2.27. The number of fused-ring (bicyclic) bond motifs is 1. The van der Waals surface area contributed by atoms with Gasteiger partial charge in [0, 0.05) is 11.9 Å². The minimum atomic E-state index is -0.0248. The maximum absolute atomic E-state index is 12.5. The van der Waals surface area contributed by atoms with E-state index in [2.05, 4.69) is 10.2 Å². The number of H-pyrrole nitrogens is 1. The number of aromatic nitrogens is 2. The molecule has 1 aromatic carbocycles. The smallest absolute Gasteiger partial charge is 0.275 e. The Morgan fingerprint density at radius 2 is 2.33 bits per heavy atom. The van der Waals surface area contributed by atoms with Gasteiger partial charge in [0.1, 0.15) is 0 Å². The summed E-state index contributed by atoms with van der Waals surface area (Å²) in [6.45, 7) is 3.81. The lowest BCUT2D eigenvalue weighted by Crippen LogP contribution is -2.47. The van der Waals surface area contributed by atoms with Gasteiger partial charge in [0.2, 0.25) is 0 Å². The van der Waals surface area contributed by atoms with E-state index in [9.17, 15) is 4.79 Å². The molecule has 0 bridgehead atoms. The molecule has 1 fully saturated rings. The van der Waals surface area contributed by atoms with Crippen molar-refractivity contribution >= 4 is 16.8 Å². The zero-order valence-corrected chi connectivity index (χ0v) is 10.2. The second-order valence-corrected chi connectivity index (χ2v) is 4.54. The first kappa shape index (κ1) is 11.2. The minimum Gasteiger partial charge on any atom is -0.377 e. The average molecular weight is 245 g/mol. The zero-order valence-electron chi connectivity index (χ0n) is 10.2. The predicted molar refractivity (Wildman–Crippen MR) is 67.4 cm³/mol. The Hall–Kier alpha value is -1.88. The van der Waals surface area contributed by atoms with Gasteiger partial charge in [-0.15, -0.1) is 0 Å². The van der Waals surface area contributed by atoms with Crippen molar-refractivity contribution in [1.82, 2.24) is 15.1 Å². The summed E-state index contributed by atoms with van der Waals surface area (Å²) in [4.78, 5) is 14.3. The van der Waals surface area contributed by atoms with Gasteiger partial charge in [-0.05, 0) is 13.0 Å². The molecule has 1 atom stereocenters. The Morgan fingerprint density at radius 1 is 1.50 bits per heavy atom. The molecule has 1 aliphatic rings. The second kappa shape index (κ2) is 4.42. The molecule has 1 saturated heterocycles. The Morgan fingerprint density at radius 3 is 3.17 bits per heavy atom. The number of rotatable bonds is 1. The van der Waals surface area contributed by atoms with E-state index in [4.69, 9.17) is 4.74 Å². The van der Waals surface area contributed by atoms with Crippen molar-refractivity contribution in [3.63, 3.8) is 0 Å². The van der Waals surface area contributed by atoms with Gasteiger partial charge in [0.05, 0.1) is 24.8 Å². The summed E-state index contributed by atoms with van der Waals surface area (Å²) in [5.74, 6) is -0.0248. The van der Waals surface area contributed by atoms with Crippen molar-refractivity contribution in [2.45, 2.75) is 13.0 Å². The van der Waals surface area contributed by atoms with E-state index in [0.717, 1.165) is 10.9 Å². The molecule has 1 aliphatic heterocycles. The molecule has 0 radical (unpaired) electrons. The summed E-state index contributed by atoms with van der Waals surface area (Å²) in [6.07, 6.45) is 0. The number of hydrogen-bond donors (Lipinski definition) is 1. The maximum Gasteiger partial charge on any atom is 0.275 e. The van der Waals surface area contributed by atoms with E-state index in [1.54, 1.807) is 0 Å². The topological polar surface area (TPSA) is 58.2 Å². The van der Waals surface area contributed by atoms with Gasteiger partial charge in [0.15, 0.2) is 5.69 Å². The van der Waals surface area contributed by atoms with Gasteiger partial charge in [-0.2, -0.15) is 5.10 Å². The summed E-state index contributed by atoms with van der Waals surface area (Å²) in [5, 5.41) is 7.92. The van der Waals surface area contributed by atoms with Crippen LogP contribution in [0.5, 0.6) is 0 Å². The molecule has 94 valence electrons. The lowest BCUT2D eigenvalue weighted by molar-refractivity contribution is 0.00338. The molecule has 0 unspecified atom stereocenters. The van der Waals surface area contributed by atoms with Crippen LogP contribution in [0.2, 0.25) is 0 Å². The number of ether oxygens (including phenoxy) is 1. The third-order valence-electron chi connectivity index (χ3n) is 3.30. The fraction of sp³-hybridized carbons (Fsp3) is 0.385. The first-order valence-corrected chi connectivity index (χ1v) is 6.09. The summed E-state index contributed by atoms with van der Waals surface area (Å²) in [7, 11) is 0. The van der Waals surface area contributed by atoms with Gasteiger partial charge >= 0.3 is 0 Å². The molecule has 2 heterocycles. The predicted octanol–water partition coefficient (Wildman–Crippen LogP) is 1.42. The van der Waals surface area contributed by atoms with Crippen molar-refractivity contribution in [3.05, 3.63) is 30.0 Å². The number of benzene rings is 1. The van der Waals surface area contributed by atoms with Crippen LogP contribution in [0.15, 0.2) is 24.3 Å². The Labute approximate surface area is 105 Å². The van der Waals surface area contributed by atoms with Crippen molar-refractivity contribution < 1.29 is 9.53 Å². The highest BCUT2D eigenvalue weighted by atomic mass is 16.5. The van der Waals surface area contributed by atoms with Crippen LogP contribution in [0, 0.1) is 0 Å². The van der Waals surface area contributed by atoms with E-state index in [0.29, 0.717) is 25.5 Å². The minimum absolute atomic E-state index is 0.0248. The molecule has 0 saturated carbocycles. The van der Waals surface area contributed by atoms with Crippen molar-refractivity contribution in [3.8, 4) is 0 Å². The molecule has 3 rings (SSSR count). The van der Waals surface area contributed by atoms with Crippen molar-refractivity contribution in [1.29, 1.82) is 0 Å². The molecule has 5 heteroatoms. The maximum atomic E-state index is 12.5. The lowest BCUT2D eigenvalue weighted by atomic mass is 10.1. The first-order chi connectivity index (χ1) is 8.77. The largest absolute Gasteiger partial charge is 0.377 e. The lowest BCUT2D eigenvalue weighted by Gasteiger charge is -2.32. The van der Waals surface area contributed by atoms with E-state index >= 15 is 0 Å².